The Morgan fingerprint density at radius 3 is 2.84 bits per heavy atom. The Hall–Kier alpha value is -1.92. The molecule has 2 aromatic rings. The van der Waals surface area contributed by atoms with Gasteiger partial charge in [-0.1, -0.05) is 15.9 Å². The van der Waals surface area contributed by atoms with Gasteiger partial charge in [-0.25, -0.2) is 10.8 Å². The number of pyridine rings is 1. The van der Waals surface area contributed by atoms with Gasteiger partial charge in [0.25, 0.3) is 5.91 Å². The summed E-state index contributed by atoms with van der Waals surface area (Å²) >= 11 is 3.41. The van der Waals surface area contributed by atoms with Gasteiger partial charge in [0, 0.05) is 16.4 Å². The minimum atomic E-state index is -0.261. The molecule has 1 aromatic carbocycles. The van der Waals surface area contributed by atoms with E-state index in [1.807, 2.05) is 25.1 Å². The van der Waals surface area contributed by atoms with Crippen molar-refractivity contribution in [3.63, 3.8) is 0 Å². The number of nitrogens with two attached hydrogens (primary N) is 1. The second-order valence-corrected chi connectivity index (χ2v) is 4.82. The number of carbonyl (C=O) groups is 1. The van der Waals surface area contributed by atoms with E-state index >= 15 is 0 Å². The van der Waals surface area contributed by atoms with Crippen molar-refractivity contribution in [2.75, 3.05) is 10.7 Å². The number of nitrogen functional groups attached to an aromatic ring is 1. The van der Waals surface area contributed by atoms with Crippen LogP contribution in [0.25, 0.3) is 0 Å². The maximum Gasteiger partial charge on any atom is 0.259 e. The van der Waals surface area contributed by atoms with Crippen LogP contribution in [0.1, 0.15) is 15.9 Å². The normalized spacial score (nSPS) is 10.1. The van der Waals surface area contributed by atoms with Crippen molar-refractivity contribution < 1.29 is 4.79 Å². The second-order valence-electron chi connectivity index (χ2n) is 3.96. The number of aromatic nitrogens is 1. The van der Waals surface area contributed by atoms with Crippen LogP contribution in [0.4, 0.5) is 11.5 Å². The highest BCUT2D eigenvalue weighted by Crippen LogP contribution is 2.21. The molecule has 1 aromatic heterocycles. The van der Waals surface area contributed by atoms with Gasteiger partial charge in [-0.15, -0.1) is 0 Å². The van der Waals surface area contributed by atoms with Crippen LogP contribution < -0.4 is 16.6 Å². The monoisotopic (exact) mass is 320 g/mol. The average Bonchev–Trinajstić information content (AvgIpc) is 2.43. The first kappa shape index (κ1) is 13.5. The molecule has 0 radical (unpaired) electrons. The SMILES string of the molecule is Cc1cc(NC(=O)c2cccnc2NN)ccc1Br. The number of nitrogens with one attached hydrogen (secondary N) is 2. The number of aryl methyl sites for hydroxylation is 1. The molecule has 2 rings (SSSR count). The van der Waals surface area contributed by atoms with Crippen LogP contribution in [-0.4, -0.2) is 10.9 Å². The van der Waals surface area contributed by atoms with Crippen LogP contribution in [0.3, 0.4) is 0 Å². The summed E-state index contributed by atoms with van der Waals surface area (Å²) in [5.74, 6) is 5.41. The molecule has 5 nitrogen and oxygen atoms in total. The second kappa shape index (κ2) is 5.81. The molecule has 4 N–H and O–H groups in total. The van der Waals surface area contributed by atoms with Crippen molar-refractivity contribution in [1.29, 1.82) is 0 Å². The average molecular weight is 321 g/mol. The highest BCUT2D eigenvalue weighted by molar-refractivity contribution is 9.10. The van der Waals surface area contributed by atoms with Gasteiger partial charge in [-0.3, -0.25) is 4.79 Å². The molecule has 19 heavy (non-hydrogen) atoms. The van der Waals surface area contributed by atoms with Gasteiger partial charge in [0.15, 0.2) is 5.82 Å². The summed E-state index contributed by atoms with van der Waals surface area (Å²) in [5.41, 5.74) is 4.56. The van der Waals surface area contributed by atoms with Gasteiger partial charge < -0.3 is 10.7 Å². The van der Waals surface area contributed by atoms with E-state index in [-0.39, 0.29) is 5.91 Å². The first-order valence-electron chi connectivity index (χ1n) is 5.61. The molecule has 1 heterocycles. The highest BCUT2D eigenvalue weighted by Gasteiger charge is 2.11. The zero-order valence-corrected chi connectivity index (χ0v) is 11.9. The maximum absolute atomic E-state index is 12.1. The van der Waals surface area contributed by atoms with Crippen LogP contribution in [0, 0.1) is 6.92 Å². The van der Waals surface area contributed by atoms with Crippen LogP contribution in [0.15, 0.2) is 41.0 Å². The molecule has 0 atom stereocenters. The third-order valence-electron chi connectivity index (χ3n) is 2.60. The van der Waals surface area contributed by atoms with E-state index in [1.54, 1.807) is 18.3 Å². The van der Waals surface area contributed by atoms with Crippen molar-refractivity contribution >= 4 is 33.3 Å². The molecule has 0 bridgehead atoms. The molecular weight excluding hydrogens is 308 g/mol. The summed E-state index contributed by atoms with van der Waals surface area (Å²) in [6.07, 6.45) is 1.57. The predicted molar refractivity (Wildman–Crippen MR) is 78.9 cm³/mol. The molecule has 0 saturated carbocycles. The van der Waals surface area contributed by atoms with Gasteiger partial charge in [-0.2, -0.15) is 0 Å². The maximum atomic E-state index is 12.1. The van der Waals surface area contributed by atoms with E-state index in [0.29, 0.717) is 11.4 Å². The van der Waals surface area contributed by atoms with Gasteiger partial charge in [-0.05, 0) is 42.8 Å². The standard InChI is InChI=1S/C13H13BrN4O/c1-8-7-9(4-5-11(8)14)17-13(19)10-3-2-6-16-12(10)18-15/h2-7H,15H2,1H3,(H,16,18)(H,17,19). The number of nitrogens with zero attached hydrogens (tertiary/aromatic N) is 1. The first-order chi connectivity index (χ1) is 9.11. The third kappa shape index (κ3) is 3.10. The lowest BCUT2D eigenvalue weighted by Crippen LogP contribution is -2.18. The summed E-state index contributed by atoms with van der Waals surface area (Å²) in [6.45, 7) is 1.96. The lowest BCUT2D eigenvalue weighted by atomic mass is 10.2. The fourth-order valence-electron chi connectivity index (χ4n) is 1.62. The molecule has 0 unspecified atom stereocenters. The predicted octanol–water partition coefficient (Wildman–Crippen LogP) is 2.69. The number of hydrogen-bond acceptors (Lipinski definition) is 4. The fourth-order valence-corrected chi connectivity index (χ4v) is 1.87. The Labute approximate surface area is 119 Å². The topological polar surface area (TPSA) is 80.0 Å². The van der Waals surface area contributed by atoms with E-state index in [0.717, 1.165) is 15.7 Å². The van der Waals surface area contributed by atoms with Crippen molar-refractivity contribution in [3.8, 4) is 0 Å². The lowest BCUT2D eigenvalue weighted by Gasteiger charge is -2.09. The molecule has 98 valence electrons. The van der Waals surface area contributed by atoms with Crippen molar-refractivity contribution in [2.45, 2.75) is 6.92 Å². The molecular formula is C13H13BrN4O. The summed E-state index contributed by atoms with van der Waals surface area (Å²) in [7, 11) is 0. The lowest BCUT2D eigenvalue weighted by molar-refractivity contribution is 0.102. The van der Waals surface area contributed by atoms with E-state index in [4.69, 9.17) is 5.84 Å². The molecule has 6 heteroatoms. The Balaban J connectivity index is 2.23. The molecule has 0 aliphatic heterocycles. The minimum Gasteiger partial charge on any atom is -0.322 e. The number of halogens is 1. The first-order valence-corrected chi connectivity index (χ1v) is 6.40. The third-order valence-corrected chi connectivity index (χ3v) is 3.49. The summed E-state index contributed by atoms with van der Waals surface area (Å²) in [4.78, 5) is 16.1. The van der Waals surface area contributed by atoms with E-state index in [1.165, 1.54) is 0 Å². The zero-order chi connectivity index (χ0) is 13.8. The highest BCUT2D eigenvalue weighted by atomic mass is 79.9. The molecule has 0 aliphatic carbocycles. The van der Waals surface area contributed by atoms with Crippen LogP contribution in [0.2, 0.25) is 0 Å². The Morgan fingerprint density at radius 1 is 1.37 bits per heavy atom. The van der Waals surface area contributed by atoms with Gasteiger partial charge in [0.2, 0.25) is 0 Å². The van der Waals surface area contributed by atoms with Gasteiger partial charge in [0.05, 0.1) is 5.56 Å². The number of amides is 1. The van der Waals surface area contributed by atoms with Crippen LogP contribution in [0.5, 0.6) is 0 Å². The smallest absolute Gasteiger partial charge is 0.259 e. The summed E-state index contributed by atoms with van der Waals surface area (Å²) in [5, 5.41) is 2.81. The number of carbonyl (C=O) groups excluding carboxylic acids is 1. The summed E-state index contributed by atoms with van der Waals surface area (Å²) < 4.78 is 0.996. The summed E-state index contributed by atoms with van der Waals surface area (Å²) in [6, 6.07) is 8.93. The quantitative estimate of drug-likeness (QED) is 0.600. The Morgan fingerprint density at radius 2 is 2.16 bits per heavy atom. The van der Waals surface area contributed by atoms with E-state index in [9.17, 15) is 4.79 Å². The molecule has 0 saturated heterocycles. The number of anilines is 2. The zero-order valence-electron chi connectivity index (χ0n) is 10.3. The van der Waals surface area contributed by atoms with Crippen molar-refractivity contribution in [3.05, 3.63) is 52.1 Å². The molecule has 1 amide bonds. The minimum absolute atomic E-state index is 0.261. The van der Waals surface area contributed by atoms with Crippen molar-refractivity contribution in [1.82, 2.24) is 4.98 Å². The van der Waals surface area contributed by atoms with Gasteiger partial charge >= 0.3 is 0 Å². The number of hydrazine groups is 1. The van der Waals surface area contributed by atoms with E-state index < -0.39 is 0 Å². The van der Waals surface area contributed by atoms with E-state index in [2.05, 4.69) is 31.7 Å². The van der Waals surface area contributed by atoms with Crippen molar-refractivity contribution in [2.24, 2.45) is 5.84 Å². The molecule has 0 spiro atoms. The van der Waals surface area contributed by atoms with Crippen LogP contribution in [-0.2, 0) is 0 Å². The Kier molecular flexibility index (Phi) is 4.13. The largest absolute Gasteiger partial charge is 0.322 e. The van der Waals surface area contributed by atoms with Crippen LogP contribution >= 0.6 is 15.9 Å². The number of hydrogen-bond donors (Lipinski definition) is 3. The number of rotatable bonds is 3. The fraction of sp³-hybridized carbons (Fsp3) is 0.0769. The number of benzene rings is 1. The molecule has 0 aliphatic rings. The molecule has 0 fully saturated rings. The Bertz CT molecular complexity index is 615. The van der Waals surface area contributed by atoms with Gasteiger partial charge in [0.1, 0.15) is 0 Å².